The zero-order valence-electron chi connectivity index (χ0n) is 14.1. The van der Waals surface area contributed by atoms with Crippen molar-refractivity contribution in [2.24, 2.45) is 0 Å². The van der Waals surface area contributed by atoms with E-state index in [9.17, 15) is 14.7 Å². The van der Waals surface area contributed by atoms with Gasteiger partial charge in [0.05, 0.1) is 0 Å². The van der Waals surface area contributed by atoms with Gasteiger partial charge in [-0.3, -0.25) is 4.79 Å². The van der Waals surface area contributed by atoms with Crippen LogP contribution in [0, 0.1) is 13.8 Å². The molecule has 2 N–H and O–H groups in total. The quantitative estimate of drug-likeness (QED) is 0.855. The number of thiazole rings is 1. The Balaban J connectivity index is 1.76. The van der Waals surface area contributed by atoms with E-state index in [2.05, 4.69) is 10.3 Å². The van der Waals surface area contributed by atoms with Crippen molar-refractivity contribution in [1.82, 2.24) is 10.3 Å². The molecule has 0 saturated carbocycles. The fourth-order valence-corrected chi connectivity index (χ4v) is 3.63. The average Bonchev–Trinajstić information content (AvgIpc) is 3.25. The number of aliphatic carboxylic acids is 1. The minimum atomic E-state index is -1.11. The van der Waals surface area contributed by atoms with Crippen molar-refractivity contribution in [3.63, 3.8) is 0 Å². The summed E-state index contributed by atoms with van der Waals surface area (Å²) in [5.41, 5.74) is 2.82. The van der Waals surface area contributed by atoms with Crippen molar-refractivity contribution in [3.8, 4) is 0 Å². The monoisotopic (exact) mass is 360 g/mol. The van der Waals surface area contributed by atoms with Crippen molar-refractivity contribution >= 4 is 23.2 Å². The molecule has 1 fully saturated rings. The van der Waals surface area contributed by atoms with Gasteiger partial charge in [-0.15, -0.1) is 11.3 Å². The van der Waals surface area contributed by atoms with Crippen LogP contribution in [0.4, 0.5) is 0 Å². The molecule has 2 unspecified atom stereocenters. The van der Waals surface area contributed by atoms with Crippen LogP contribution in [0.5, 0.6) is 0 Å². The highest BCUT2D eigenvalue weighted by Gasteiger charge is 2.26. The normalized spacial score (nSPS) is 18.1. The van der Waals surface area contributed by atoms with Crippen molar-refractivity contribution in [2.45, 2.75) is 38.8 Å². The van der Waals surface area contributed by atoms with Crippen LogP contribution in [0.25, 0.3) is 0 Å². The molecule has 2 heterocycles. The highest BCUT2D eigenvalue weighted by Crippen LogP contribution is 2.30. The molecule has 3 rings (SSSR count). The molecule has 0 spiro atoms. The number of carbonyl (C=O) groups excluding carboxylic acids is 1. The molecular weight excluding hydrogens is 340 g/mol. The number of nitrogens with one attached hydrogen (secondary N) is 1. The molecule has 25 heavy (non-hydrogen) atoms. The lowest BCUT2D eigenvalue weighted by molar-refractivity contribution is -0.139. The molecule has 1 aromatic heterocycles. The summed E-state index contributed by atoms with van der Waals surface area (Å²) in [6, 6.07) is 4.25. The number of rotatable bonds is 5. The number of amides is 1. The molecular formula is C18H20N2O4S. The van der Waals surface area contributed by atoms with Crippen LogP contribution in [0.1, 0.15) is 57.2 Å². The van der Waals surface area contributed by atoms with E-state index in [1.807, 2.05) is 19.9 Å². The Hall–Kier alpha value is -2.25. The number of carboxylic acids is 1. The van der Waals surface area contributed by atoms with Gasteiger partial charge in [0, 0.05) is 12.0 Å². The SMILES string of the molecule is Cc1ccc(C(NC(=O)c2csc(C3CCCO3)n2)C(=O)O)cc1C. The maximum absolute atomic E-state index is 12.4. The van der Waals surface area contributed by atoms with Crippen molar-refractivity contribution in [3.05, 3.63) is 51.0 Å². The molecule has 132 valence electrons. The van der Waals surface area contributed by atoms with Gasteiger partial charge in [0.25, 0.3) is 5.91 Å². The Morgan fingerprint density at radius 2 is 2.16 bits per heavy atom. The molecule has 1 saturated heterocycles. The largest absolute Gasteiger partial charge is 0.479 e. The maximum atomic E-state index is 12.4. The fraction of sp³-hybridized carbons (Fsp3) is 0.389. The first-order valence-corrected chi connectivity index (χ1v) is 9.01. The lowest BCUT2D eigenvalue weighted by Gasteiger charge is -2.15. The van der Waals surface area contributed by atoms with E-state index in [1.54, 1.807) is 17.5 Å². The van der Waals surface area contributed by atoms with E-state index in [-0.39, 0.29) is 11.8 Å². The predicted octanol–water partition coefficient (Wildman–Crippen LogP) is 3.17. The number of carboxylic acid groups (broad SMARTS) is 1. The van der Waals surface area contributed by atoms with Crippen LogP contribution in [0.15, 0.2) is 23.6 Å². The summed E-state index contributed by atoms with van der Waals surface area (Å²) in [5, 5.41) is 14.5. The Kier molecular flexibility index (Phi) is 5.15. The molecule has 1 amide bonds. The topological polar surface area (TPSA) is 88.5 Å². The lowest BCUT2D eigenvalue weighted by Crippen LogP contribution is -2.34. The fourth-order valence-electron chi connectivity index (χ4n) is 2.75. The molecule has 2 atom stereocenters. The highest BCUT2D eigenvalue weighted by atomic mass is 32.1. The molecule has 0 aliphatic carbocycles. The summed E-state index contributed by atoms with van der Waals surface area (Å²) in [6.07, 6.45) is 1.83. The molecule has 7 heteroatoms. The second-order valence-corrected chi connectivity index (χ2v) is 7.05. The van der Waals surface area contributed by atoms with Crippen LogP contribution >= 0.6 is 11.3 Å². The third-order valence-electron chi connectivity index (χ3n) is 4.35. The van der Waals surface area contributed by atoms with Gasteiger partial charge >= 0.3 is 5.97 Å². The second-order valence-electron chi connectivity index (χ2n) is 6.16. The third kappa shape index (κ3) is 3.88. The molecule has 1 aromatic carbocycles. The van der Waals surface area contributed by atoms with Crippen molar-refractivity contribution in [2.75, 3.05) is 6.61 Å². The summed E-state index contributed by atoms with van der Waals surface area (Å²) < 4.78 is 5.57. The number of benzene rings is 1. The Labute approximate surface area is 149 Å². The number of hydrogen-bond acceptors (Lipinski definition) is 5. The summed E-state index contributed by atoms with van der Waals surface area (Å²) in [7, 11) is 0. The van der Waals surface area contributed by atoms with Gasteiger partial charge in [-0.2, -0.15) is 0 Å². The minimum Gasteiger partial charge on any atom is -0.479 e. The third-order valence-corrected chi connectivity index (χ3v) is 5.28. The van der Waals surface area contributed by atoms with Crippen molar-refractivity contribution < 1.29 is 19.4 Å². The number of carbonyl (C=O) groups is 2. The van der Waals surface area contributed by atoms with E-state index in [0.717, 1.165) is 29.0 Å². The van der Waals surface area contributed by atoms with Gasteiger partial charge < -0.3 is 15.2 Å². The number of ether oxygens (including phenoxy) is 1. The van der Waals surface area contributed by atoms with Crippen LogP contribution in [-0.2, 0) is 9.53 Å². The maximum Gasteiger partial charge on any atom is 0.330 e. The standard InChI is InChI=1S/C18H20N2O4S/c1-10-5-6-12(8-11(10)2)15(18(22)23)20-16(21)13-9-25-17(19-13)14-4-3-7-24-14/h5-6,8-9,14-15H,3-4,7H2,1-2H3,(H,20,21)(H,22,23). The zero-order valence-corrected chi connectivity index (χ0v) is 14.9. The Bertz CT molecular complexity index is 796. The van der Waals surface area contributed by atoms with Crippen LogP contribution in [0.3, 0.4) is 0 Å². The average molecular weight is 360 g/mol. The van der Waals surface area contributed by atoms with E-state index in [4.69, 9.17) is 4.74 Å². The summed E-state index contributed by atoms with van der Waals surface area (Å²) in [4.78, 5) is 28.4. The minimum absolute atomic E-state index is 0.0541. The second kappa shape index (κ2) is 7.33. The van der Waals surface area contributed by atoms with E-state index in [0.29, 0.717) is 12.2 Å². The first-order chi connectivity index (χ1) is 12.0. The summed E-state index contributed by atoms with van der Waals surface area (Å²) in [6.45, 7) is 4.57. The van der Waals surface area contributed by atoms with Gasteiger partial charge in [-0.1, -0.05) is 18.2 Å². The first-order valence-electron chi connectivity index (χ1n) is 8.13. The summed E-state index contributed by atoms with van der Waals surface area (Å²) in [5.74, 6) is -1.60. The van der Waals surface area contributed by atoms with Gasteiger partial charge in [0.15, 0.2) is 6.04 Å². The zero-order chi connectivity index (χ0) is 18.0. The Morgan fingerprint density at radius 3 is 2.80 bits per heavy atom. The van der Waals surface area contributed by atoms with Crippen LogP contribution in [0.2, 0.25) is 0 Å². The first kappa shape index (κ1) is 17.6. The predicted molar refractivity (Wildman–Crippen MR) is 93.8 cm³/mol. The van der Waals surface area contributed by atoms with E-state index < -0.39 is 17.9 Å². The molecule has 2 aromatic rings. The number of nitrogens with zero attached hydrogens (tertiary/aromatic N) is 1. The van der Waals surface area contributed by atoms with Crippen LogP contribution < -0.4 is 5.32 Å². The molecule has 0 radical (unpaired) electrons. The van der Waals surface area contributed by atoms with Gasteiger partial charge in [-0.05, 0) is 43.4 Å². The smallest absolute Gasteiger partial charge is 0.330 e. The van der Waals surface area contributed by atoms with Crippen molar-refractivity contribution in [1.29, 1.82) is 0 Å². The van der Waals surface area contributed by atoms with Gasteiger partial charge in [0.2, 0.25) is 0 Å². The molecule has 0 bridgehead atoms. The van der Waals surface area contributed by atoms with Gasteiger partial charge in [-0.25, -0.2) is 9.78 Å². The van der Waals surface area contributed by atoms with Gasteiger partial charge in [0.1, 0.15) is 16.8 Å². The Morgan fingerprint density at radius 1 is 1.36 bits per heavy atom. The molecule has 6 nitrogen and oxygen atoms in total. The molecule has 1 aliphatic heterocycles. The highest BCUT2D eigenvalue weighted by molar-refractivity contribution is 7.09. The van der Waals surface area contributed by atoms with E-state index >= 15 is 0 Å². The number of aryl methyl sites for hydroxylation is 2. The number of hydrogen-bond donors (Lipinski definition) is 2. The van der Waals surface area contributed by atoms with Crippen LogP contribution in [-0.4, -0.2) is 28.6 Å². The molecule has 1 aliphatic rings. The lowest BCUT2D eigenvalue weighted by atomic mass is 10.0. The number of aromatic nitrogens is 1. The van der Waals surface area contributed by atoms with E-state index in [1.165, 1.54) is 11.3 Å². The summed E-state index contributed by atoms with van der Waals surface area (Å²) >= 11 is 1.37.